The lowest BCUT2D eigenvalue weighted by Crippen LogP contribution is -2.07. The van der Waals surface area contributed by atoms with Crippen LogP contribution in [-0.4, -0.2) is 38.4 Å². The van der Waals surface area contributed by atoms with Crippen molar-refractivity contribution in [2.45, 2.75) is 6.42 Å². The van der Waals surface area contributed by atoms with Crippen LogP contribution < -0.4 is 5.32 Å². The summed E-state index contributed by atoms with van der Waals surface area (Å²) in [5, 5.41) is 20.8. The van der Waals surface area contributed by atoms with Crippen molar-refractivity contribution >= 4 is 28.3 Å². The molecule has 2 heterocycles. The molecule has 112 valence electrons. The largest absolute Gasteiger partial charge is 0.396 e. The molecule has 0 bridgehead atoms. The first-order valence-electron chi connectivity index (χ1n) is 6.88. The summed E-state index contributed by atoms with van der Waals surface area (Å²) < 4.78 is 0. The molecule has 2 aromatic heterocycles. The Morgan fingerprint density at radius 1 is 1.14 bits per heavy atom. The minimum Gasteiger partial charge on any atom is -0.396 e. The maximum Gasteiger partial charge on any atom is 0.178 e. The highest BCUT2D eigenvalue weighted by atomic mass is 35.5. The van der Waals surface area contributed by atoms with Crippen LogP contribution in [0.5, 0.6) is 0 Å². The number of nitrogens with zero attached hydrogens (tertiary/aromatic N) is 4. The number of hydrogen-bond acceptors (Lipinski definition) is 6. The van der Waals surface area contributed by atoms with Crippen LogP contribution in [0.4, 0.5) is 5.82 Å². The molecule has 0 amide bonds. The molecule has 0 radical (unpaired) electrons. The number of benzene rings is 1. The van der Waals surface area contributed by atoms with Crippen molar-refractivity contribution in [3.8, 4) is 11.4 Å². The predicted octanol–water partition coefficient (Wildman–Crippen LogP) is 2.53. The number of aromatic nitrogens is 4. The van der Waals surface area contributed by atoms with E-state index < -0.39 is 0 Å². The molecule has 2 N–H and O–H groups in total. The van der Waals surface area contributed by atoms with Crippen LogP contribution in [-0.2, 0) is 0 Å². The van der Waals surface area contributed by atoms with E-state index in [4.69, 9.17) is 16.7 Å². The van der Waals surface area contributed by atoms with Gasteiger partial charge in [0, 0.05) is 24.9 Å². The standard InChI is InChI=1S/C15H14ClN5O/c16-13-12-11(15(21-20-13)17-7-4-8-22)9-18-14(19-12)10-5-2-1-3-6-10/h1-3,5-6,9,22H,4,7-8H2,(H,17,21). The van der Waals surface area contributed by atoms with E-state index in [1.54, 1.807) is 6.20 Å². The third-order valence-corrected chi connectivity index (χ3v) is 3.39. The Bertz CT molecular complexity index is 781. The summed E-state index contributed by atoms with van der Waals surface area (Å²) in [6.45, 7) is 0.697. The highest BCUT2D eigenvalue weighted by Gasteiger charge is 2.11. The number of halogens is 1. The average molecular weight is 316 g/mol. The van der Waals surface area contributed by atoms with Gasteiger partial charge in [-0.15, -0.1) is 10.2 Å². The van der Waals surface area contributed by atoms with Gasteiger partial charge in [0.05, 0.1) is 5.39 Å². The third kappa shape index (κ3) is 2.98. The second kappa shape index (κ2) is 6.64. The fourth-order valence-corrected chi connectivity index (χ4v) is 2.23. The van der Waals surface area contributed by atoms with Crippen molar-refractivity contribution in [3.05, 3.63) is 41.7 Å². The molecule has 0 spiro atoms. The van der Waals surface area contributed by atoms with Gasteiger partial charge in [-0.1, -0.05) is 41.9 Å². The SMILES string of the molecule is OCCCNc1nnc(Cl)c2nc(-c3ccccc3)ncc12. The van der Waals surface area contributed by atoms with Crippen LogP contribution in [0, 0.1) is 0 Å². The zero-order valence-electron chi connectivity index (χ0n) is 11.7. The van der Waals surface area contributed by atoms with Crippen LogP contribution in [0.3, 0.4) is 0 Å². The summed E-state index contributed by atoms with van der Waals surface area (Å²) in [6.07, 6.45) is 2.31. The molecule has 3 aromatic rings. The van der Waals surface area contributed by atoms with Gasteiger partial charge in [0.1, 0.15) is 5.52 Å². The molecule has 0 fully saturated rings. The molecular formula is C15H14ClN5O. The van der Waals surface area contributed by atoms with E-state index in [1.165, 1.54) is 0 Å². The minimum atomic E-state index is 0.112. The second-order valence-electron chi connectivity index (χ2n) is 4.67. The van der Waals surface area contributed by atoms with E-state index in [9.17, 15) is 0 Å². The maximum absolute atomic E-state index is 8.84. The quantitative estimate of drug-likeness (QED) is 0.704. The first-order chi connectivity index (χ1) is 10.8. The Morgan fingerprint density at radius 2 is 1.95 bits per heavy atom. The van der Waals surface area contributed by atoms with E-state index in [-0.39, 0.29) is 11.8 Å². The topological polar surface area (TPSA) is 83.8 Å². The predicted molar refractivity (Wildman–Crippen MR) is 85.8 cm³/mol. The van der Waals surface area contributed by atoms with E-state index in [2.05, 4.69) is 25.5 Å². The van der Waals surface area contributed by atoms with Crippen LogP contribution >= 0.6 is 11.6 Å². The van der Waals surface area contributed by atoms with Crippen LogP contribution in [0.15, 0.2) is 36.5 Å². The molecule has 0 aliphatic carbocycles. The number of hydrogen-bond donors (Lipinski definition) is 2. The minimum absolute atomic E-state index is 0.112. The zero-order valence-corrected chi connectivity index (χ0v) is 12.5. The van der Waals surface area contributed by atoms with Crippen molar-refractivity contribution in [3.63, 3.8) is 0 Å². The normalized spacial score (nSPS) is 10.8. The van der Waals surface area contributed by atoms with E-state index in [0.717, 1.165) is 5.56 Å². The number of aliphatic hydroxyl groups is 1. The molecule has 0 saturated heterocycles. The lowest BCUT2D eigenvalue weighted by molar-refractivity contribution is 0.292. The van der Waals surface area contributed by atoms with E-state index in [0.29, 0.717) is 35.5 Å². The van der Waals surface area contributed by atoms with Gasteiger partial charge in [0.2, 0.25) is 0 Å². The summed E-state index contributed by atoms with van der Waals surface area (Å²) in [4.78, 5) is 8.88. The molecule has 0 aliphatic rings. The van der Waals surface area contributed by atoms with Gasteiger partial charge in [-0.2, -0.15) is 0 Å². The van der Waals surface area contributed by atoms with Crippen molar-refractivity contribution in [1.82, 2.24) is 20.2 Å². The van der Waals surface area contributed by atoms with Crippen molar-refractivity contribution in [2.24, 2.45) is 0 Å². The van der Waals surface area contributed by atoms with Crippen molar-refractivity contribution < 1.29 is 5.11 Å². The van der Waals surface area contributed by atoms with Gasteiger partial charge in [0.25, 0.3) is 0 Å². The number of anilines is 1. The highest BCUT2D eigenvalue weighted by molar-refractivity contribution is 6.34. The van der Waals surface area contributed by atoms with Crippen LogP contribution in [0.25, 0.3) is 22.3 Å². The van der Waals surface area contributed by atoms with Gasteiger partial charge >= 0.3 is 0 Å². The van der Waals surface area contributed by atoms with Crippen LogP contribution in [0.1, 0.15) is 6.42 Å². The number of aliphatic hydroxyl groups excluding tert-OH is 1. The summed E-state index contributed by atoms with van der Waals surface area (Å²) in [6, 6.07) is 9.66. The lowest BCUT2D eigenvalue weighted by Gasteiger charge is -2.08. The molecule has 0 atom stereocenters. The lowest BCUT2D eigenvalue weighted by atomic mass is 10.2. The molecule has 6 nitrogen and oxygen atoms in total. The Labute approximate surface area is 132 Å². The van der Waals surface area contributed by atoms with Crippen molar-refractivity contribution in [1.29, 1.82) is 0 Å². The van der Waals surface area contributed by atoms with Gasteiger partial charge in [0.15, 0.2) is 16.8 Å². The maximum atomic E-state index is 8.84. The Morgan fingerprint density at radius 3 is 2.73 bits per heavy atom. The Kier molecular flexibility index (Phi) is 4.41. The summed E-state index contributed by atoms with van der Waals surface area (Å²) in [5.74, 6) is 1.15. The summed E-state index contributed by atoms with van der Waals surface area (Å²) in [7, 11) is 0. The zero-order chi connectivity index (χ0) is 15.4. The fourth-order valence-electron chi connectivity index (χ4n) is 2.05. The number of fused-ring (bicyclic) bond motifs is 1. The van der Waals surface area contributed by atoms with E-state index >= 15 is 0 Å². The van der Waals surface area contributed by atoms with Crippen LogP contribution in [0.2, 0.25) is 5.15 Å². The fraction of sp³-hybridized carbons (Fsp3) is 0.200. The molecule has 3 rings (SSSR count). The molecule has 22 heavy (non-hydrogen) atoms. The third-order valence-electron chi connectivity index (χ3n) is 3.14. The first-order valence-corrected chi connectivity index (χ1v) is 7.26. The van der Waals surface area contributed by atoms with Gasteiger partial charge < -0.3 is 10.4 Å². The molecule has 1 aromatic carbocycles. The molecule has 7 heteroatoms. The molecule has 0 aliphatic heterocycles. The van der Waals surface area contributed by atoms with Crippen molar-refractivity contribution in [2.75, 3.05) is 18.5 Å². The number of rotatable bonds is 5. The van der Waals surface area contributed by atoms with E-state index in [1.807, 2.05) is 30.3 Å². The molecular weight excluding hydrogens is 302 g/mol. The Balaban J connectivity index is 2.03. The van der Waals surface area contributed by atoms with Gasteiger partial charge in [-0.3, -0.25) is 0 Å². The van der Waals surface area contributed by atoms with Gasteiger partial charge in [-0.25, -0.2) is 9.97 Å². The molecule has 0 saturated carbocycles. The second-order valence-corrected chi connectivity index (χ2v) is 5.02. The monoisotopic (exact) mass is 315 g/mol. The smallest absolute Gasteiger partial charge is 0.178 e. The number of nitrogens with one attached hydrogen (secondary N) is 1. The summed E-state index contributed by atoms with van der Waals surface area (Å²) >= 11 is 6.12. The highest BCUT2D eigenvalue weighted by Crippen LogP contribution is 2.26. The first kappa shape index (κ1) is 14.6. The Hall–Kier alpha value is -2.31. The van der Waals surface area contributed by atoms with Gasteiger partial charge in [-0.05, 0) is 6.42 Å². The summed E-state index contributed by atoms with van der Waals surface area (Å²) in [5.41, 5.74) is 1.46. The average Bonchev–Trinajstić information content (AvgIpc) is 2.58. The molecule has 0 unspecified atom stereocenters.